The Morgan fingerprint density at radius 2 is 2.20 bits per heavy atom. The zero-order valence-corrected chi connectivity index (χ0v) is 9.12. The lowest BCUT2D eigenvalue weighted by Crippen LogP contribution is -2.15. The molecule has 0 aromatic heterocycles. The lowest BCUT2D eigenvalue weighted by Gasteiger charge is -2.22. The first-order valence-corrected chi connectivity index (χ1v) is 5.44. The topological polar surface area (TPSA) is 17.1 Å². The number of aryl methyl sites for hydroxylation is 1. The summed E-state index contributed by atoms with van der Waals surface area (Å²) in [7, 11) is 0. The normalized spacial score (nSPS) is 21.8. The minimum absolute atomic E-state index is 0.243. The molecule has 0 spiro atoms. The molecule has 1 aliphatic carbocycles. The summed E-state index contributed by atoms with van der Waals surface area (Å²) < 4.78 is 0. The maximum absolute atomic E-state index is 11.6. The van der Waals surface area contributed by atoms with Crippen molar-refractivity contribution in [2.45, 2.75) is 32.1 Å². The van der Waals surface area contributed by atoms with Crippen molar-refractivity contribution in [3.63, 3.8) is 0 Å². The summed E-state index contributed by atoms with van der Waals surface area (Å²) in [6.45, 7) is 5.88. The highest BCUT2D eigenvalue weighted by atomic mass is 16.1. The molecule has 1 saturated carbocycles. The predicted molar refractivity (Wildman–Crippen MR) is 61.9 cm³/mol. The van der Waals surface area contributed by atoms with Crippen LogP contribution in [0.25, 0.3) is 0 Å². The molecule has 15 heavy (non-hydrogen) atoms. The van der Waals surface area contributed by atoms with E-state index in [4.69, 9.17) is 0 Å². The average molecular weight is 200 g/mol. The molecular formula is C14H16O. The first kappa shape index (κ1) is 10.2. The van der Waals surface area contributed by atoms with E-state index in [1.807, 2.05) is 0 Å². The fourth-order valence-electron chi connectivity index (χ4n) is 2.17. The molecule has 1 aromatic rings. The highest BCUT2D eigenvalue weighted by Gasteiger charge is 2.23. The lowest BCUT2D eigenvalue weighted by atomic mass is 9.81. The van der Waals surface area contributed by atoms with Gasteiger partial charge in [0, 0.05) is 6.42 Å². The zero-order chi connectivity index (χ0) is 10.8. The number of carbonyl (C=O) groups is 1. The van der Waals surface area contributed by atoms with Gasteiger partial charge in [0.25, 0.3) is 0 Å². The largest absolute Gasteiger partial charge is 0.295 e. The van der Waals surface area contributed by atoms with E-state index in [9.17, 15) is 4.79 Å². The van der Waals surface area contributed by atoms with E-state index in [1.165, 1.54) is 11.1 Å². The van der Waals surface area contributed by atoms with E-state index < -0.39 is 0 Å². The van der Waals surface area contributed by atoms with Crippen LogP contribution in [0.2, 0.25) is 0 Å². The van der Waals surface area contributed by atoms with Crippen molar-refractivity contribution in [3.05, 3.63) is 47.5 Å². The molecular weight excluding hydrogens is 184 g/mol. The van der Waals surface area contributed by atoms with Crippen LogP contribution >= 0.6 is 0 Å². The summed E-state index contributed by atoms with van der Waals surface area (Å²) in [5, 5.41) is 0. The molecule has 78 valence electrons. The van der Waals surface area contributed by atoms with Crippen LogP contribution in [0.1, 0.15) is 36.3 Å². The first-order chi connectivity index (χ1) is 7.16. The van der Waals surface area contributed by atoms with E-state index in [0.717, 1.165) is 18.4 Å². The van der Waals surface area contributed by atoms with Crippen LogP contribution < -0.4 is 0 Å². The van der Waals surface area contributed by atoms with E-state index >= 15 is 0 Å². The van der Waals surface area contributed by atoms with Crippen molar-refractivity contribution in [1.29, 1.82) is 0 Å². The van der Waals surface area contributed by atoms with Crippen molar-refractivity contribution in [2.24, 2.45) is 0 Å². The van der Waals surface area contributed by atoms with Crippen LogP contribution in [-0.4, -0.2) is 5.78 Å². The molecule has 1 aliphatic rings. The van der Waals surface area contributed by atoms with Gasteiger partial charge in [-0.3, -0.25) is 4.79 Å². The van der Waals surface area contributed by atoms with Gasteiger partial charge < -0.3 is 0 Å². The van der Waals surface area contributed by atoms with Crippen molar-refractivity contribution in [3.8, 4) is 0 Å². The third-order valence-corrected chi connectivity index (χ3v) is 3.13. The molecule has 0 heterocycles. The van der Waals surface area contributed by atoms with E-state index in [1.54, 1.807) is 0 Å². The summed E-state index contributed by atoms with van der Waals surface area (Å²) in [5.74, 6) is 0.649. The van der Waals surface area contributed by atoms with Gasteiger partial charge in [0.05, 0.1) is 0 Å². The summed E-state index contributed by atoms with van der Waals surface area (Å²) in [6, 6.07) is 8.47. The van der Waals surface area contributed by atoms with E-state index in [0.29, 0.717) is 12.3 Å². The Kier molecular flexibility index (Phi) is 2.72. The second-order valence-electron chi connectivity index (χ2n) is 4.38. The number of carbonyl (C=O) groups excluding carboxylic acids is 1. The fourth-order valence-corrected chi connectivity index (χ4v) is 2.17. The summed E-state index contributed by atoms with van der Waals surface area (Å²) >= 11 is 0. The van der Waals surface area contributed by atoms with Gasteiger partial charge in [0.1, 0.15) is 0 Å². The van der Waals surface area contributed by atoms with E-state index in [-0.39, 0.29) is 5.78 Å². The van der Waals surface area contributed by atoms with E-state index in [2.05, 4.69) is 37.8 Å². The number of Topliss-reactive ketones (excluding diaryl/α,β-unsaturated/α-hetero) is 1. The minimum Gasteiger partial charge on any atom is -0.295 e. The summed E-state index contributed by atoms with van der Waals surface area (Å²) in [6.07, 6.45) is 2.56. The first-order valence-electron chi connectivity index (χ1n) is 5.44. The number of ketones is 1. The molecule has 0 aliphatic heterocycles. The van der Waals surface area contributed by atoms with Crippen molar-refractivity contribution >= 4 is 5.78 Å². The Morgan fingerprint density at radius 3 is 2.87 bits per heavy atom. The van der Waals surface area contributed by atoms with Gasteiger partial charge in [-0.2, -0.15) is 0 Å². The Labute approximate surface area is 90.8 Å². The lowest BCUT2D eigenvalue weighted by molar-refractivity contribution is -0.116. The van der Waals surface area contributed by atoms with Gasteiger partial charge in [0.15, 0.2) is 5.78 Å². The van der Waals surface area contributed by atoms with Crippen LogP contribution in [0.15, 0.2) is 36.4 Å². The van der Waals surface area contributed by atoms with Crippen molar-refractivity contribution < 1.29 is 4.79 Å². The molecule has 1 unspecified atom stereocenters. The Hall–Kier alpha value is -1.37. The maximum atomic E-state index is 11.6. The second kappa shape index (κ2) is 4.01. The fraction of sp³-hybridized carbons (Fsp3) is 0.357. The highest BCUT2D eigenvalue weighted by Crippen LogP contribution is 2.32. The molecule has 0 bridgehead atoms. The zero-order valence-electron chi connectivity index (χ0n) is 9.12. The molecule has 0 N–H and O–H groups in total. The van der Waals surface area contributed by atoms with Crippen LogP contribution in [0.5, 0.6) is 0 Å². The van der Waals surface area contributed by atoms with Gasteiger partial charge in [-0.1, -0.05) is 36.4 Å². The van der Waals surface area contributed by atoms with Crippen LogP contribution in [0.4, 0.5) is 0 Å². The van der Waals surface area contributed by atoms with Gasteiger partial charge in [0.2, 0.25) is 0 Å². The molecule has 1 atom stereocenters. The van der Waals surface area contributed by atoms with Gasteiger partial charge in [-0.25, -0.2) is 0 Å². The Bertz CT molecular complexity index is 404. The van der Waals surface area contributed by atoms with Crippen molar-refractivity contribution in [2.75, 3.05) is 0 Å². The molecule has 1 aromatic carbocycles. The molecule has 0 saturated heterocycles. The third kappa shape index (κ3) is 2.17. The number of rotatable bonds is 1. The number of hydrogen-bond acceptors (Lipinski definition) is 1. The number of benzene rings is 1. The van der Waals surface area contributed by atoms with Gasteiger partial charge in [-0.05, 0) is 36.8 Å². The molecule has 2 rings (SSSR count). The third-order valence-electron chi connectivity index (χ3n) is 3.13. The quantitative estimate of drug-likeness (QED) is 0.635. The monoisotopic (exact) mass is 200 g/mol. The summed E-state index contributed by atoms with van der Waals surface area (Å²) in [4.78, 5) is 11.6. The smallest absolute Gasteiger partial charge is 0.158 e. The maximum Gasteiger partial charge on any atom is 0.158 e. The Balaban J connectivity index is 2.19. The second-order valence-corrected chi connectivity index (χ2v) is 4.38. The number of hydrogen-bond donors (Lipinski definition) is 0. The van der Waals surface area contributed by atoms with Crippen LogP contribution in [0, 0.1) is 6.92 Å². The van der Waals surface area contributed by atoms with Gasteiger partial charge >= 0.3 is 0 Å². The predicted octanol–water partition coefficient (Wildman–Crippen LogP) is 3.39. The standard InChI is InChI=1S/C14H16O/c1-10-4-3-5-12(8-10)13-7-6-11(2)14(15)9-13/h3-5,8,13H,2,6-7,9H2,1H3. The SMILES string of the molecule is C=C1CCC(c2cccc(C)c2)CC1=O. The molecule has 0 amide bonds. The summed E-state index contributed by atoms with van der Waals surface area (Å²) in [5.41, 5.74) is 3.37. The number of allylic oxidation sites excluding steroid dienone is 1. The van der Waals surface area contributed by atoms with Gasteiger partial charge in [-0.15, -0.1) is 0 Å². The molecule has 1 nitrogen and oxygen atoms in total. The average Bonchev–Trinajstić information content (AvgIpc) is 2.22. The molecule has 1 fully saturated rings. The minimum atomic E-state index is 0.243. The van der Waals surface area contributed by atoms with Crippen molar-refractivity contribution in [1.82, 2.24) is 0 Å². The Morgan fingerprint density at radius 1 is 1.40 bits per heavy atom. The molecule has 1 heteroatoms. The van der Waals surface area contributed by atoms with Crippen LogP contribution in [0.3, 0.4) is 0 Å². The molecule has 0 radical (unpaired) electrons. The highest BCUT2D eigenvalue weighted by molar-refractivity contribution is 5.96. The van der Waals surface area contributed by atoms with Crippen LogP contribution in [-0.2, 0) is 4.79 Å².